The van der Waals surface area contributed by atoms with Crippen LogP contribution in [-0.4, -0.2) is 9.78 Å². The maximum Gasteiger partial charge on any atom is 0.0597 e. The molecule has 3 nitrogen and oxygen atoms in total. The maximum absolute atomic E-state index is 6.16. The smallest absolute Gasteiger partial charge is 0.0597 e. The zero-order chi connectivity index (χ0) is 11.3. The molecule has 1 heterocycles. The lowest BCUT2D eigenvalue weighted by molar-refractivity contribution is 0.521. The number of hydrogen-bond acceptors (Lipinski definition) is 2. The first kappa shape index (κ1) is 12.2. The SMILES string of the molecule is CCCCCC(N)c1cc(C)nn1CC. The number of unbranched alkanes of at least 4 members (excludes halogenated alkanes) is 2. The lowest BCUT2D eigenvalue weighted by atomic mass is 10.1. The van der Waals surface area contributed by atoms with Crippen LogP contribution in [0.3, 0.4) is 0 Å². The molecule has 0 saturated carbocycles. The molecule has 0 fully saturated rings. The number of hydrogen-bond donors (Lipinski definition) is 1. The standard InChI is InChI=1S/C12H23N3/c1-4-6-7-8-11(13)12-9-10(3)14-15(12)5-2/h9,11H,4-8,13H2,1-3H3. The van der Waals surface area contributed by atoms with E-state index in [9.17, 15) is 0 Å². The van der Waals surface area contributed by atoms with E-state index in [1.165, 1.54) is 25.0 Å². The highest BCUT2D eigenvalue weighted by Crippen LogP contribution is 2.18. The lowest BCUT2D eigenvalue weighted by Crippen LogP contribution is -2.15. The van der Waals surface area contributed by atoms with Gasteiger partial charge in [0.2, 0.25) is 0 Å². The molecular formula is C12H23N3. The molecule has 0 aliphatic heterocycles. The first-order chi connectivity index (χ1) is 7.19. The van der Waals surface area contributed by atoms with Crippen LogP contribution in [0.15, 0.2) is 6.07 Å². The summed E-state index contributed by atoms with van der Waals surface area (Å²) in [5.74, 6) is 0. The van der Waals surface area contributed by atoms with E-state index in [0.717, 1.165) is 18.7 Å². The second kappa shape index (κ2) is 5.91. The molecule has 86 valence electrons. The summed E-state index contributed by atoms with van der Waals surface area (Å²) in [4.78, 5) is 0. The summed E-state index contributed by atoms with van der Waals surface area (Å²) < 4.78 is 2.02. The highest BCUT2D eigenvalue weighted by molar-refractivity contribution is 5.12. The molecule has 0 aromatic carbocycles. The lowest BCUT2D eigenvalue weighted by Gasteiger charge is -2.12. The Bertz CT molecular complexity index is 291. The molecule has 1 rings (SSSR count). The van der Waals surface area contributed by atoms with Crippen molar-refractivity contribution < 1.29 is 0 Å². The molecule has 3 heteroatoms. The van der Waals surface area contributed by atoms with Crippen LogP contribution in [0.25, 0.3) is 0 Å². The fourth-order valence-corrected chi connectivity index (χ4v) is 1.88. The van der Waals surface area contributed by atoms with Gasteiger partial charge in [0.25, 0.3) is 0 Å². The summed E-state index contributed by atoms with van der Waals surface area (Å²) in [6, 6.07) is 2.26. The van der Waals surface area contributed by atoms with E-state index in [4.69, 9.17) is 5.73 Å². The Kier molecular flexibility index (Phi) is 4.82. The minimum absolute atomic E-state index is 0.151. The summed E-state index contributed by atoms with van der Waals surface area (Å²) in [6.45, 7) is 7.25. The van der Waals surface area contributed by atoms with Crippen LogP contribution in [0.2, 0.25) is 0 Å². The van der Waals surface area contributed by atoms with Crippen LogP contribution >= 0.6 is 0 Å². The number of rotatable bonds is 6. The molecule has 0 spiro atoms. The van der Waals surface area contributed by atoms with E-state index in [1.54, 1.807) is 0 Å². The second-order valence-electron chi connectivity index (χ2n) is 4.13. The van der Waals surface area contributed by atoms with Crippen molar-refractivity contribution in [2.24, 2.45) is 5.73 Å². The summed E-state index contributed by atoms with van der Waals surface area (Å²) in [5.41, 5.74) is 8.42. The minimum Gasteiger partial charge on any atom is -0.323 e. The number of nitrogens with zero attached hydrogens (tertiary/aromatic N) is 2. The first-order valence-corrected chi connectivity index (χ1v) is 5.99. The summed E-state index contributed by atoms with van der Waals surface area (Å²) >= 11 is 0. The third-order valence-corrected chi connectivity index (χ3v) is 2.73. The number of aryl methyl sites for hydroxylation is 2. The molecule has 1 unspecified atom stereocenters. The van der Waals surface area contributed by atoms with Gasteiger partial charge in [-0.05, 0) is 26.3 Å². The highest BCUT2D eigenvalue weighted by atomic mass is 15.3. The third kappa shape index (κ3) is 3.34. The molecule has 0 saturated heterocycles. The highest BCUT2D eigenvalue weighted by Gasteiger charge is 2.11. The van der Waals surface area contributed by atoms with E-state index in [0.29, 0.717) is 0 Å². The van der Waals surface area contributed by atoms with Gasteiger partial charge in [-0.1, -0.05) is 26.2 Å². The fraction of sp³-hybridized carbons (Fsp3) is 0.750. The van der Waals surface area contributed by atoms with Crippen molar-refractivity contribution in [1.82, 2.24) is 9.78 Å². The zero-order valence-electron chi connectivity index (χ0n) is 10.2. The van der Waals surface area contributed by atoms with Crippen molar-refractivity contribution in [3.8, 4) is 0 Å². The molecule has 0 radical (unpaired) electrons. The van der Waals surface area contributed by atoms with Crippen LogP contribution in [0.5, 0.6) is 0 Å². The van der Waals surface area contributed by atoms with Crippen LogP contribution in [0, 0.1) is 6.92 Å². The molecule has 0 bridgehead atoms. The molecule has 0 aliphatic carbocycles. The Labute approximate surface area is 92.7 Å². The predicted octanol–water partition coefficient (Wildman–Crippen LogP) is 2.79. The third-order valence-electron chi connectivity index (χ3n) is 2.73. The van der Waals surface area contributed by atoms with Gasteiger partial charge >= 0.3 is 0 Å². The second-order valence-corrected chi connectivity index (χ2v) is 4.13. The zero-order valence-corrected chi connectivity index (χ0v) is 10.2. The van der Waals surface area contributed by atoms with Gasteiger partial charge in [0.15, 0.2) is 0 Å². The van der Waals surface area contributed by atoms with Gasteiger partial charge in [-0.2, -0.15) is 5.10 Å². The van der Waals surface area contributed by atoms with Crippen molar-refractivity contribution in [3.05, 3.63) is 17.5 Å². The fourth-order valence-electron chi connectivity index (χ4n) is 1.88. The van der Waals surface area contributed by atoms with Gasteiger partial charge in [-0.3, -0.25) is 4.68 Å². The number of aromatic nitrogens is 2. The molecule has 15 heavy (non-hydrogen) atoms. The quantitative estimate of drug-likeness (QED) is 0.732. The molecular weight excluding hydrogens is 186 g/mol. The normalized spacial score (nSPS) is 13.1. The van der Waals surface area contributed by atoms with Crippen molar-refractivity contribution in [3.63, 3.8) is 0 Å². The largest absolute Gasteiger partial charge is 0.323 e. The van der Waals surface area contributed by atoms with Crippen LogP contribution in [-0.2, 0) is 6.54 Å². The van der Waals surface area contributed by atoms with Crippen molar-refractivity contribution in [2.75, 3.05) is 0 Å². The minimum atomic E-state index is 0.151. The van der Waals surface area contributed by atoms with Crippen molar-refractivity contribution >= 4 is 0 Å². The van der Waals surface area contributed by atoms with Crippen molar-refractivity contribution in [1.29, 1.82) is 0 Å². The number of nitrogens with two attached hydrogens (primary N) is 1. The molecule has 2 N–H and O–H groups in total. The first-order valence-electron chi connectivity index (χ1n) is 5.99. The Morgan fingerprint density at radius 3 is 2.73 bits per heavy atom. The van der Waals surface area contributed by atoms with Gasteiger partial charge in [-0.15, -0.1) is 0 Å². The summed E-state index contributed by atoms with van der Waals surface area (Å²) in [7, 11) is 0. The molecule has 0 aliphatic rings. The van der Waals surface area contributed by atoms with Gasteiger partial charge in [0.05, 0.1) is 11.4 Å². The molecule has 1 atom stereocenters. The average Bonchev–Trinajstić information content (AvgIpc) is 2.60. The van der Waals surface area contributed by atoms with Crippen LogP contribution < -0.4 is 5.73 Å². The van der Waals surface area contributed by atoms with Gasteiger partial charge in [0, 0.05) is 12.6 Å². The molecule has 1 aromatic heterocycles. The van der Waals surface area contributed by atoms with E-state index in [-0.39, 0.29) is 6.04 Å². The predicted molar refractivity (Wildman–Crippen MR) is 63.7 cm³/mol. The van der Waals surface area contributed by atoms with E-state index < -0.39 is 0 Å². The topological polar surface area (TPSA) is 43.8 Å². The Morgan fingerprint density at radius 1 is 1.40 bits per heavy atom. The van der Waals surface area contributed by atoms with Gasteiger partial charge < -0.3 is 5.73 Å². The van der Waals surface area contributed by atoms with Crippen molar-refractivity contribution in [2.45, 2.75) is 59.0 Å². The molecule has 0 amide bonds. The van der Waals surface area contributed by atoms with E-state index >= 15 is 0 Å². The van der Waals surface area contributed by atoms with Crippen LogP contribution in [0.1, 0.15) is 57.0 Å². The summed E-state index contributed by atoms with van der Waals surface area (Å²) in [5, 5.41) is 4.42. The maximum atomic E-state index is 6.16. The molecule has 1 aromatic rings. The Balaban J connectivity index is 2.59. The monoisotopic (exact) mass is 209 g/mol. The summed E-state index contributed by atoms with van der Waals surface area (Å²) in [6.07, 6.45) is 4.80. The van der Waals surface area contributed by atoms with E-state index in [1.807, 2.05) is 11.6 Å². The van der Waals surface area contributed by atoms with Gasteiger partial charge in [0.1, 0.15) is 0 Å². The van der Waals surface area contributed by atoms with Gasteiger partial charge in [-0.25, -0.2) is 0 Å². The Morgan fingerprint density at radius 2 is 2.13 bits per heavy atom. The average molecular weight is 209 g/mol. The van der Waals surface area contributed by atoms with Crippen LogP contribution in [0.4, 0.5) is 0 Å². The Hall–Kier alpha value is -0.830. The van der Waals surface area contributed by atoms with E-state index in [2.05, 4.69) is 25.0 Å².